The smallest absolute Gasteiger partial charge is 0.217 e. The lowest BCUT2D eigenvalue weighted by molar-refractivity contribution is 0.0320. The van der Waals surface area contributed by atoms with Gasteiger partial charge in [-0.3, -0.25) is 4.90 Å². The number of morpholine rings is 1. The summed E-state index contributed by atoms with van der Waals surface area (Å²) in [5.41, 5.74) is 8.71. The van der Waals surface area contributed by atoms with E-state index in [0.717, 1.165) is 80.4 Å². The zero-order valence-corrected chi connectivity index (χ0v) is 23.9. The molecule has 4 rings (SSSR count). The van der Waals surface area contributed by atoms with Gasteiger partial charge >= 0.3 is 0 Å². The van der Waals surface area contributed by atoms with E-state index in [4.69, 9.17) is 20.6 Å². The van der Waals surface area contributed by atoms with Gasteiger partial charge in [-0.15, -0.1) is 0 Å². The molecule has 0 aliphatic carbocycles. The average molecular weight is 529 g/mol. The Morgan fingerprint density at radius 3 is 2.51 bits per heavy atom. The van der Waals surface area contributed by atoms with Crippen LogP contribution in [-0.4, -0.2) is 73.0 Å². The third-order valence-electron chi connectivity index (χ3n) is 5.75. The maximum atomic E-state index is 7.16. The highest BCUT2D eigenvalue weighted by Crippen LogP contribution is 2.24. The lowest BCUT2D eigenvalue weighted by Gasteiger charge is -2.26. The van der Waals surface area contributed by atoms with Gasteiger partial charge in [0.05, 0.1) is 17.9 Å². The van der Waals surface area contributed by atoms with Crippen LogP contribution < -0.4 is 15.4 Å². The van der Waals surface area contributed by atoms with E-state index >= 15 is 0 Å². The van der Waals surface area contributed by atoms with E-state index in [0.29, 0.717) is 18.2 Å². The second-order valence-corrected chi connectivity index (χ2v) is 9.35. The van der Waals surface area contributed by atoms with Crippen molar-refractivity contribution in [3.8, 4) is 5.88 Å². The standard InChI is InChI=1S/C17H30N4O2.C9H8N2S.C2H6/c1-3-5-21(6-4-2)16-13-15(18)14-17(19-16)23-12-9-20-7-10-22-11-8-20;1-6-3-2-4-8-9(6)7(5-10)11-12-8;1-2/h13-14H,3-12H2,1-2H3,(H2,18,19);2-5,10H,1H3;1-2H3. The summed E-state index contributed by atoms with van der Waals surface area (Å²) in [6.07, 6.45) is 3.49. The summed E-state index contributed by atoms with van der Waals surface area (Å²) in [5.74, 6) is 1.53. The largest absolute Gasteiger partial charge is 0.476 e. The second kappa shape index (κ2) is 16.9. The molecule has 1 aromatic carbocycles. The molecule has 1 saturated heterocycles. The van der Waals surface area contributed by atoms with Gasteiger partial charge in [-0.1, -0.05) is 39.8 Å². The van der Waals surface area contributed by atoms with Crippen molar-refractivity contribution < 1.29 is 9.47 Å². The van der Waals surface area contributed by atoms with Gasteiger partial charge in [0.25, 0.3) is 0 Å². The van der Waals surface area contributed by atoms with E-state index in [-0.39, 0.29) is 0 Å². The number of hydrogen-bond donors (Lipinski definition) is 2. The normalized spacial score (nSPS) is 13.2. The fraction of sp³-hybridized carbons (Fsp3) is 0.536. The molecule has 1 fully saturated rings. The number of fused-ring (bicyclic) bond motifs is 1. The average Bonchev–Trinajstić information content (AvgIpc) is 3.35. The SMILES string of the molecule is CC.CCCN(CCC)c1cc(N)cc(OCCN2CCOCC2)n1.Cc1cccc2snc(C=N)c12. The zero-order chi connectivity index (χ0) is 27.0. The molecule has 1 aliphatic rings. The molecule has 0 atom stereocenters. The molecule has 0 amide bonds. The third kappa shape index (κ3) is 9.57. The topological polar surface area (TPSA) is 101 Å². The molecule has 2 aromatic heterocycles. The minimum Gasteiger partial charge on any atom is -0.476 e. The first kappa shape index (κ1) is 30.5. The van der Waals surface area contributed by atoms with Gasteiger partial charge < -0.3 is 25.5 Å². The monoisotopic (exact) mass is 528 g/mol. The van der Waals surface area contributed by atoms with Gasteiger partial charge in [0.1, 0.15) is 18.1 Å². The van der Waals surface area contributed by atoms with Crippen LogP contribution in [0.5, 0.6) is 5.88 Å². The number of ether oxygens (including phenoxy) is 2. The minimum atomic E-state index is 0.616. The number of anilines is 2. The van der Waals surface area contributed by atoms with E-state index in [1.54, 1.807) is 6.07 Å². The van der Waals surface area contributed by atoms with Crippen LogP contribution in [0.2, 0.25) is 0 Å². The number of aromatic nitrogens is 2. The Morgan fingerprint density at radius 1 is 1.16 bits per heavy atom. The van der Waals surface area contributed by atoms with Crippen molar-refractivity contribution in [3.05, 3.63) is 41.6 Å². The van der Waals surface area contributed by atoms with E-state index in [1.165, 1.54) is 23.3 Å². The summed E-state index contributed by atoms with van der Waals surface area (Å²) in [5, 5.41) is 8.28. The molecule has 0 saturated carbocycles. The number of rotatable bonds is 10. The van der Waals surface area contributed by atoms with E-state index in [2.05, 4.69) is 33.0 Å². The van der Waals surface area contributed by atoms with E-state index < -0.39 is 0 Å². The van der Waals surface area contributed by atoms with Crippen molar-refractivity contribution in [1.82, 2.24) is 14.3 Å². The molecule has 0 unspecified atom stereocenters. The molecule has 0 bridgehead atoms. The summed E-state index contributed by atoms with van der Waals surface area (Å²) in [6, 6.07) is 9.83. The van der Waals surface area contributed by atoms with Crippen molar-refractivity contribution in [2.45, 2.75) is 47.5 Å². The highest BCUT2D eigenvalue weighted by atomic mass is 32.1. The van der Waals surface area contributed by atoms with Crippen molar-refractivity contribution in [2.75, 3.05) is 63.2 Å². The van der Waals surface area contributed by atoms with Crippen LogP contribution >= 0.6 is 11.5 Å². The molecule has 1 aliphatic heterocycles. The Balaban J connectivity index is 0.000000287. The highest BCUT2D eigenvalue weighted by molar-refractivity contribution is 7.13. The first-order chi connectivity index (χ1) is 18.0. The Kier molecular flexibility index (Phi) is 13.9. The molecule has 3 N–H and O–H groups in total. The molecule has 0 radical (unpaired) electrons. The minimum absolute atomic E-state index is 0.616. The fourth-order valence-electron chi connectivity index (χ4n) is 4.02. The van der Waals surface area contributed by atoms with Crippen molar-refractivity contribution in [3.63, 3.8) is 0 Å². The third-order valence-corrected chi connectivity index (χ3v) is 6.58. The van der Waals surface area contributed by atoms with Crippen LogP contribution in [-0.2, 0) is 4.74 Å². The van der Waals surface area contributed by atoms with Crippen LogP contribution in [0.25, 0.3) is 10.1 Å². The van der Waals surface area contributed by atoms with Gasteiger partial charge in [0, 0.05) is 62.1 Å². The van der Waals surface area contributed by atoms with Gasteiger partial charge in [-0.05, 0) is 42.9 Å². The summed E-state index contributed by atoms with van der Waals surface area (Å²) >= 11 is 1.45. The summed E-state index contributed by atoms with van der Waals surface area (Å²) in [7, 11) is 0. The maximum Gasteiger partial charge on any atom is 0.217 e. The number of nitrogen functional groups attached to an aromatic ring is 1. The maximum absolute atomic E-state index is 7.16. The second-order valence-electron chi connectivity index (χ2n) is 8.55. The van der Waals surface area contributed by atoms with Crippen LogP contribution in [0.1, 0.15) is 51.8 Å². The van der Waals surface area contributed by atoms with E-state index in [1.807, 2.05) is 45.0 Å². The van der Waals surface area contributed by atoms with Crippen molar-refractivity contribution in [1.29, 1.82) is 5.41 Å². The molecule has 204 valence electrons. The van der Waals surface area contributed by atoms with Gasteiger partial charge in [0.2, 0.25) is 5.88 Å². The Bertz CT molecular complexity index is 1060. The number of aryl methyl sites for hydroxylation is 1. The summed E-state index contributed by atoms with van der Waals surface area (Å²) in [4.78, 5) is 9.25. The van der Waals surface area contributed by atoms with Gasteiger partial charge in [-0.25, -0.2) is 0 Å². The Morgan fingerprint density at radius 2 is 1.86 bits per heavy atom. The lowest BCUT2D eigenvalue weighted by Crippen LogP contribution is -2.38. The quantitative estimate of drug-likeness (QED) is 0.329. The van der Waals surface area contributed by atoms with Crippen molar-refractivity contribution >= 4 is 39.3 Å². The molecule has 8 nitrogen and oxygen atoms in total. The highest BCUT2D eigenvalue weighted by Gasteiger charge is 2.12. The number of pyridine rings is 1. The molecular formula is C28H44N6O2S. The number of benzene rings is 1. The molecule has 9 heteroatoms. The molecule has 3 heterocycles. The van der Waals surface area contributed by atoms with Crippen LogP contribution in [0, 0.1) is 12.3 Å². The lowest BCUT2D eigenvalue weighted by atomic mass is 10.1. The Labute approximate surface area is 226 Å². The summed E-state index contributed by atoms with van der Waals surface area (Å²) < 4.78 is 16.5. The number of nitrogens with zero attached hydrogens (tertiary/aromatic N) is 4. The first-order valence-corrected chi connectivity index (χ1v) is 14.1. The summed E-state index contributed by atoms with van der Waals surface area (Å²) in [6.45, 7) is 17.4. The molecule has 37 heavy (non-hydrogen) atoms. The first-order valence-electron chi connectivity index (χ1n) is 13.4. The zero-order valence-electron chi connectivity index (χ0n) is 23.1. The van der Waals surface area contributed by atoms with Crippen LogP contribution in [0.4, 0.5) is 11.5 Å². The fourth-order valence-corrected chi connectivity index (χ4v) is 4.86. The predicted molar refractivity (Wildman–Crippen MR) is 158 cm³/mol. The van der Waals surface area contributed by atoms with E-state index in [9.17, 15) is 0 Å². The Hall–Kier alpha value is -2.75. The van der Waals surface area contributed by atoms with Gasteiger partial charge in [-0.2, -0.15) is 9.36 Å². The number of nitrogens with one attached hydrogen (secondary N) is 1. The van der Waals surface area contributed by atoms with Gasteiger partial charge in [0.15, 0.2) is 0 Å². The molecule has 3 aromatic rings. The molecular weight excluding hydrogens is 484 g/mol. The number of hydrogen-bond acceptors (Lipinski definition) is 9. The van der Waals surface area contributed by atoms with Crippen LogP contribution in [0.3, 0.4) is 0 Å². The van der Waals surface area contributed by atoms with Crippen molar-refractivity contribution in [2.24, 2.45) is 0 Å². The molecule has 0 spiro atoms. The predicted octanol–water partition coefficient (Wildman–Crippen LogP) is 5.63. The van der Waals surface area contributed by atoms with Crippen LogP contribution in [0.15, 0.2) is 30.3 Å². The number of nitrogens with two attached hydrogens (primary N) is 1.